The smallest absolute Gasteiger partial charge is 0.322 e. The maximum absolute atomic E-state index is 14.4. The van der Waals surface area contributed by atoms with E-state index in [4.69, 9.17) is 21.1 Å². The van der Waals surface area contributed by atoms with Crippen LogP contribution in [0, 0.1) is 6.92 Å². The lowest BCUT2D eigenvalue weighted by atomic mass is 9.93. The molecule has 3 aromatic rings. The number of benzene rings is 3. The van der Waals surface area contributed by atoms with Crippen molar-refractivity contribution in [3.63, 3.8) is 0 Å². The summed E-state index contributed by atoms with van der Waals surface area (Å²) < 4.78 is 11.7. The molecule has 2 aliphatic rings. The number of halogens is 1. The number of ether oxygens (including phenoxy) is 2. The Bertz CT molecular complexity index is 1380. The van der Waals surface area contributed by atoms with E-state index in [1.807, 2.05) is 86.3 Å². The molecule has 0 saturated carbocycles. The van der Waals surface area contributed by atoms with Crippen molar-refractivity contribution in [3.8, 4) is 11.5 Å². The molecule has 0 aliphatic carbocycles. The van der Waals surface area contributed by atoms with E-state index in [1.165, 1.54) is 0 Å². The normalized spacial score (nSPS) is 20.9. The number of rotatable bonds is 6. The lowest BCUT2D eigenvalue weighted by molar-refractivity contribution is -0.123. The molecule has 210 valence electrons. The Kier molecular flexibility index (Phi) is 8.19. The van der Waals surface area contributed by atoms with Crippen molar-refractivity contribution in [2.75, 3.05) is 26.7 Å². The van der Waals surface area contributed by atoms with Crippen LogP contribution >= 0.6 is 11.6 Å². The lowest BCUT2D eigenvalue weighted by Gasteiger charge is -2.37. The molecule has 3 amide bonds. The fourth-order valence-electron chi connectivity index (χ4n) is 5.48. The maximum atomic E-state index is 14.4. The number of carbonyl (C=O) groups excluding carboxylic acids is 2. The van der Waals surface area contributed by atoms with Crippen molar-refractivity contribution in [3.05, 3.63) is 94.0 Å². The first-order valence-corrected chi connectivity index (χ1v) is 13.9. The molecule has 2 saturated heterocycles. The summed E-state index contributed by atoms with van der Waals surface area (Å²) in [7, 11) is 1.61. The maximum Gasteiger partial charge on any atom is 0.322 e. The van der Waals surface area contributed by atoms with Gasteiger partial charge in [-0.2, -0.15) is 0 Å². The van der Waals surface area contributed by atoms with Gasteiger partial charge in [-0.05, 0) is 56.2 Å². The third kappa shape index (κ3) is 5.74. The summed E-state index contributed by atoms with van der Waals surface area (Å²) in [6, 6.07) is 20.7. The van der Waals surface area contributed by atoms with Gasteiger partial charge in [-0.25, -0.2) is 4.79 Å². The molecule has 40 heavy (non-hydrogen) atoms. The Morgan fingerprint density at radius 2 is 1.82 bits per heavy atom. The first-order chi connectivity index (χ1) is 19.2. The number of nitrogens with zero attached hydrogens (tertiary/aromatic N) is 2. The van der Waals surface area contributed by atoms with E-state index in [-0.39, 0.29) is 36.7 Å². The van der Waals surface area contributed by atoms with Crippen LogP contribution in [0.4, 0.5) is 4.79 Å². The molecular formula is C31H35ClN4O4. The van der Waals surface area contributed by atoms with E-state index >= 15 is 0 Å². The molecule has 3 unspecified atom stereocenters. The summed E-state index contributed by atoms with van der Waals surface area (Å²) in [6.07, 6.45) is -0.648. The number of nitrogens with one attached hydrogen (secondary N) is 2. The zero-order valence-corrected chi connectivity index (χ0v) is 23.9. The minimum absolute atomic E-state index is 0.00612. The van der Waals surface area contributed by atoms with Crippen molar-refractivity contribution < 1.29 is 19.1 Å². The minimum atomic E-state index is -0.552. The summed E-state index contributed by atoms with van der Waals surface area (Å²) in [5, 5.41) is 7.22. The van der Waals surface area contributed by atoms with Gasteiger partial charge in [0.25, 0.3) is 0 Å². The van der Waals surface area contributed by atoms with Crippen molar-refractivity contribution in [2.45, 2.75) is 45.1 Å². The van der Waals surface area contributed by atoms with E-state index in [0.717, 1.165) is 22.3 Å². The van der Waals surface area contributed by atoms with Crippen LogP contribution in [0.5, 0.6) is 11.5 Å². The van der Waals surface area contributed by atoms with Gasteiger partial charge in [0, 0.05) is 29.7 Å². The van der Waals surface area contributed by atoms with Crippen molar-refractivity contribution >= 4 is 23.5 Å². The van der Waals surface area contributed by atoms with E-state index in [9.17, 15) is 9.59 Å². The van der Waals surface area contributed by atoms with E-state index in [2.05, 4.69) is 16.7 Å². The number of piperazine rings is 1. The van der Waals surface area contributed by atoms with Gasteiger partial charge in [0.2, 0.25) is 5.91 Å². The molecule has 2 aliphatic heterocycles. The molecule has 5 rings (SSSR count). The predicted molar refractivity (Wildman–Crippen MR) is 155 cm³/mol. The second-order valence-electron chi connectivity index (χ2n) is 10.5. The van der Waals surface area contributed by atoms with Crippen molar-refractivity contribution in [1.29, 1.82) is 0 Å². The number of aryl methyl sites for hydroxylation is 1. The lowest BCUT2D eigenvalue weighted by Crippen LogP contribution is -2.54. The van der Waals surface area contributed by atoms with Gasteiger partial charge in [0.05, 0.1) is 25.3 Å². The van der Waals surface area contributed by atoms with Crippen LogP contribution in [0.25, 0.3) is 0 Å². The van der Waals surface area contributed by atoms with Crippen LogP contribution in [0.1, 0.15) is 54.4 Å². The summed E-state index contributed by atoms with van der Waals surface area (Å²) in [5.74, 6) is 1.12. The van der Waals surface area contributed by atoms with Gasteiger partial charge in [0.1, 0.15) is 24.2 Å². The van der Waals surface area contributed by atoms with E-state index in [0.29, 0.717) is 29.6 Å². The summed E-state index contributed by atoms with van der Waals surface area (Å²) in [4.78, 5) is 30.2. The molecule has 0 aromatic heterocycles. The van der Waals surface area contributed by atoms with Gasteiger partial charge >= 0.3 is 6.03 Å². The predicted octanol–water partition coefficient (Wildman–Crippen LogP) is 5.38. The molecule has 0 radical (unpaired) electrons. The van der Waals surface area contributed by atoms with Gasteiger partial charge in [0.15, 0.2) is 0 Å². The number of carbonyl (C=O) groups is 2. The van der Waals surface area contributed by atoms with Gasteiger partial charge in [-0.3, -0.25) is 15.0 Å². The highest BCUT2D eigenvalue weighted by atomic mass is 35.5. The van der Waals surface area contributed by atoms with E-state index in [1.54, 1.807) is 12.0 Å². The number of amides is 3. The highest BCUT2D eigenvalue weighted by molar-refractivity contribution is 6.30. The quantitative estimate of drug-likeness (QED) is 0.421. The number of hydrogen-bond acceptors (Lipinski definition) is 5. The Labute approximate surface area is 240 Å². The molecule has 2 heterocycles. The molecule has 3 aromatic carbocycles. The zero-order valence-electron chi connectivity index (χ0n) is 23.2. The Morgan fingerprint density at radius 3 is 2.50 bits per heavy atom. The topological polar surface area (TPSA) is 83.1 Å². The molecule has 0 spiro atoms. The number of urea groups is 1. The molecule has 2 fully saturated rings. The van der Waals surface area contributed by atoms with Crippen LogP contribution in [-0.4, -0.2) is 54.6 Å². The molecule has 2 N–H and O–H groups in total. The minimum Gasteiger partial charge on any atom is -0.497 e. The van der Waals surface area contributed by atoms with Gasteiger partial charge in [-0.1, -0.05) is 53.6 Å². The fourth-order valence-corrected chi connectivity index (χ4v) is 5.60. The summed E-state index contributed by atoms with van der Waals surface area (Å²) >= 11 is 6.25. The average Bonchev–Trinajstić information content (AvgIpc) is 3.33. The molecule has 3 atom stereocenters. The van der Waals surface area contributed by atoms with E-state index < -0.39 is 6.17 Å². The van der Waals surface area contributed by atoms with Gasteiger partial charge in [-0.15, -0.1) is 0 Å². The first-order valence-electron chi connectivity index (χ1n) is 13.5. The SMILES string of the molecule is COc1ccc(C2NC(c3ccc(Cl)cc3)C(c3cccc(C)c3)N2C(=O)N2CCNC(=O)C2)c(OC(C)C)c1. The highest BCUT2D eigenvalue weighted by Crippen LogP contribution is 2.48. The largest absolute Gasteiger partial charge is 0.497 e. The Balaban J connectivity index is 1.68. The molecule has 9 heteroatoms. The third-order valence-corrected chi connectivity index (χ3v) is 7.50. The van der Waals surface area contributed by atoms with Crippen molar-refractivity contribution in [2.24, 2.45) is 0 Å². The summed E-state index contributed by atoms with van der Waals surface area (Å²) in [6.45, 7) is 6.82. The molecule has 0 bridgehead atoms. The first kappa shape index (κ1) is 27.8. The summed E-state index contributed by atoms with van der Waals surface area (Å²) in [5.41, 5.74) is 3.88. The van der Waals surface area contributed by atoms with Crippen LogP contribution < -0.4 is 20.1 Å². The van der Waals surface area contributed by atoms with Crippen molar-refractivity contribution in [1.82, 2.24) is 20.4 Å². The Hall–Kier alpha value is -3.75. The van der Waals surface area contributed by atoms with Crippen LogP contribution in [0.15, 0.2) is 66.7 Å². The van der Waals surface area contributed by atoms with Gasteiger partial charge < -0.3 is 19.7 Å². The monoisotopic (exact) mass is 562 g/mol. The Morgan fingerprint density at radius 1 is 1.05 bits per heavy atom. The van der Waals surface area contributed by atoms with Crippen LogP contribution in [0.2, 0.25) is 5.02 Å². The highest BCUT2D eigenvalue weighted by Gasteiger charge is 2.48. The van der Waals surface area contributed by atoms with Crippen LogP contribution in [-0.2, 0) is 4.79 Å². The fraction of sp³-hybridized carbons (Fsp3) is 0.355. The van der Waals surface area contributed by atoms with Crippen LogP contribution in [0.3, 0.4) is 0 Å². The average molecular weight is 563 g/mol. The second kappa shape index (κ2) is 11.8. The number of hydrogen-bond donors (Lipinski definition) is 2. The second-order valence-corrected chi connectivity index (χ2v) is 10.9. The zero-order chi connectivity index (χ0) is 28.4. The number of methoxy groups -OCH3 is 1. The molecular weight excluding hydrogens is 528 g/mol. The third-order valence-electron chi connectivity index (χ3n) is 7.25. The standard InChI is InChI=1S/C31H35ClN4O4/c1-19(2)40-26-17-24(39-4)12-13-25(26)30-34-28(21-8-10-23(32)11-9-21)29(22-7-5-6-20(3)16-22)36(30)31(38)35-15-14-33-27(37)18-35/h5-13,16-17,19,28-30,34H,14-15,18H2,1-4H3,(H,33,37). The molecule has 8 nitrogen and oxygen atoms in total.